The fourth-order valence-corrected chi connectivity index (χ4v) is 2.67. The lowest BCUT2D eigenvalue weighted by Gasteiger charge is -2.22. The Morgan fingerprint density at radius 2 is 2.10 bits per heavy atom. The first-order valence-electron chi connectivity index (χ1n) is 7.19. The molecule has 1 saturated heterocycles. The maximum absolute atomic E-state index is 4.56. The Kier molecular flexibility index (Phi) is 3.58. The Balaban J connectivity index is 1.79. The van der Waals surface area contributed by atoms with Crippen molar-refractivity contribution < 1.29 is 0 Å². The third kappa shape index (κ3) is 2.61. The Bertz CT molecular complexity index is 571. The molecule has 0 bridgehead atoms. The molecule has 1 N–H and O–H groups in total. The van der Waals surface area contributed by atoms with E-state index in [0.717, 1.165) is 24.6 Å². The minimum absolute atomic E-state index is 0.217. The molecule has 20 heavy (non-hydrogen) atoms. The Morgan fingerprint density at radius 1 is 1.30 bits per heavy atom. The molecule has 1 fully saturated rings. The van der Waals surface area contributed by atoms with Gasteiger partial charge in [-0.1, -0.05) is 0 Å². The van der Waals surface area contributed by atoms with Crippen LogP contribution in [0.1, 0.15) is 31.4 Å². The van der Waals surface area contributed by atoms with Gasteiger partial charge in [0, 0.05) is 38.1 Å². The number of aryl methyl sites for hydroxylation is 1. The van der Waals surface area contributed by atoms with Crippen molar-refractivity contribution in [1.29, 1.82) is 0 Å². The quantitative estimate of drug-likeness (QED) is 0.928. The molecule has 1 atom stereocenters. The molecule has 106 valence electrons. The Labute approximate surface area is 119 Å². The summed E-state index contributed by atoms with van der Waals surface area (Å²) in [7, 11) is 1.94. The third-order valence-electron chi connectivity index (χ3n) is 3.79. The molecule has 1 aliphatic rings. The molecule has 1 aliphatic heterocycles. The lowest BCUT2D eigenvalue weighted by atomic mass is 10.2. The SMILES string of the molecule is CC(Nc1cccnc1N1CCCC1)c1cnn(C)c1. The van der Waals surface area contributed by atoms with Gasteiger partial charge >= 0.3 is 0 Å². The van der Waals surface area contributed by atoms with Crippen molar-refractivity contribution in [3.8, 4) is 0 Å². The molecule has 5 nitrogen and oxygen atoms in total. The monoisotopic (exact) mass is 271 g/mol. The van der Waals surface area contributed by atoms with Gasteiger partial charge in [0.1, 0.15) is 0 Å². The average Bonchev–Trinajstić information content (AvgIpc) is 3.10. The lowest BCUT2D eigenvalue weighted by molar-refractivity contribution is 0.765. The van der Waals surface area contributed by atoms with Gasteiger partial charge in [0.05, 0.1) is 17.9 Å². The summed E-state index contributed by atoms with van der Waals surface area (Å²) in [5.41, 5.74) is 2.29. The van der Waals surface area contributed by atoms with Crippen molar-refractivity contribution in [2.45, 2.75) is 25.8 Å². The Hall–Kier alpha value is -2.04. The van der Waals surface area contributed by atoms with Crippen LogP contribution in [0.4, 0.5) is 11.5 Å². The largest absolute Gasteiger partial charge is 0.375 e. The summed E-state index contributed by atoms with van der Waals surface area (Å²) in [4.78, 5) is 6.91. The van der Waals surface area contributed by atoms with Crippen molar-refractivity contribution in [2.24, 2.45) is 7.05 Å². The zero-order valence-electron chi connectivity index (χ0n) is 12.1. The van der Waals surface area contributed by atoms with Gasteiger partial charge in [-0.05, 0) is 31.9 Å². The molecule has 0 amide bonds. The first kappa shape index (κ1) is 13.0. The van der Waals surface area contributed by atoms with Crippen LogP contribution in [0.15, 0.2) is 30.7 Å². The van der Waals surface area contributed by atoms with Crippen LogP contribution in [-0.2, 0) is 7.05 Å². The van der Waals surface area contributed by atoms with E-state index in [0.29, 0.717) is 0 Å². The van der Waals surface area contributed by atoms with Crippen LogP contribution in [0, 0.1) is 0 Å². The second kappa shape index (κ2) is 5.53. The average molecular weight is 271 g/mol. The molecule has 5 heteroatoms. The first-order chi connectivity index (χ1) is 9.74. The topological polar surface area (TPSA) is 46.0 Å². The van der Waals surface area contributed by atoms with Gasteiger partial charge in [-0.25, -0.2) is 4.98 Å². The zero-order valence-corrected chi connectivity index (χ0v) is 12.1. The number of hydrogen-bond acceptors (Lipinski definition) is 4. The minimum Gasteiger partial charge on any atom is -0.375 e. The van der Waals surface area contributed by atoms with Gasteiger partial charge in [0.15, 0.2) is 5.82 Å². The predicted molar refractivity (Wildman–Crippen MR) is 80.9 cm³/mol. The number of aromatic nitrogens is 3. The number of nitrogens with one attached hydrogen (secondary N) is 1. The van der Waals surface area contributed by atoms with Crippen molar-refractivity contribution in [2.75, 3.05) is 23.3 Å². The molecule has 3 rings (SSSR count). The van der Waals surface area contributed by atoms with Crippen molar-refractivity contribution in [3.63, 3.8) is 0 Å². The van der Waals surface area contributed by atoms with E-state index >= 15 is 0 Å². The Morgan fingerprint density at radius 3 is 2.80 bits per heavy atom. The second-order valence-electron chi connectivity index (χ2n) is 5.38. The number of rotatable bonds is 4. The van der Waals surface area contributed by atoms with Gasteiger partial charge in [-0.3, -0.25) is 4.68 Å². The van der Waals surface area contributed by atoms with Crippen LogP contribution in [0.25, 0.3) is 0 Å². The lowest BCUT2D eigenvalue weighted by Crippen LogP contribution is -2.21. The second-order valence-corrected chi connectivity index (χ2v) is 5.38. The van der Waals surface area contributed by atoms with E-state index in [2.05, 4.69) is 33.3 Å². The number of pyridine rings is 1. The van der Waals surface area contributed by atoms with E-state index in [1.807, 2.05) is 36.4 Å². The maximum Gasteiger partial charge on any atom is 0.151 e. The van der Waals surface area contributed by atoms with E-state index in [4.69, 9.17) is 0 Å². The molecule has 3 heterocycles. The van der Waals surface area contributed by atoms with Gasteiger partial charge in [0.2, 0.25) is 0 Å². The van der Waals surface area contributed by atoms with Crippen LogP contribution in [-0.4, -0.2) is 27.9 Å². The first-order valence-corrected chi connectivity index (χ1v) is 7.19. The molecule has 0 saturated carbocycles. The molecule has 0 aromatic carbocycles. The molecule has 0 aliphatic carbocycles. The number of anilines is 2. The molecular weight excluding hydrogens is 250 g/mol. The summed E-state index contributed by atoms with van der Waals surface area (Å²) < 4.78 is 1.83. The van der Waals surface area contributed by atoms with Gasteiger partial charge in [-0.15, -0.1) is 0 Å². The molecule has 2 aromatic heterocycles. The van der Waals surface area contributed by atoms with E-state index in [-0.39, 0.29) is 6.04 Å². The van der Waals surface area contributed by atoms with E-state index in [9.17, 15) is 0 Å². The minimum atomic E-state index is 0.217. The van der Waals surface area contributed by atoms with Gasteiger partial charge in [-0.2, -0.15) is 5.10 Å². The van der Waals surface area contributed by atoms with Crippen LogP contribution in [0.3, 0.4) is 0 Å². The molecule has 0 radical (unpaired) electrons. The van der Waals surface area contributed by atoms with Crippen LogP contribution in [0.2, 0.25) is 0 Å². The van der Waals surface area contributed by atoms with Gasteiger partial charge in [0.25, 0.3) is 0 Å². The molecule has 2 aromatic rings. The zero-order chi connectivity index (χ0) is 13.9. The third-order valence-corrected chi connectivity index (χ3v) is 3.79. The standard InChI is InChI=1S/C15H21N5/c1-12(13-10-17-19(2)11-13)18-14-6-5-7-16-15(14)20-8-3-4-9-20/h5-7,10-12,18H,3-4,8-9H2,1-2H3. The summed E-state index contributed by atoms with van der Waals surface area (Å²) in [6, 6.07) is 4.31. The highest BCUT2D eigenvalue weighted by Crippen LogP contribution is 2.29. The van der Waals surface area contributed by atoms with Crippen LogP contribution in [0.5, 0.6) is 0 Å². The fourth-order valence-electron chi connectivity index (χ4n) is 2.67. The summed E-state index contributed by atoms with van der Waals surface area (Å²) in [6.07, 6.45) is 8.34. The van der Waals surface area contributed by atoms with Crippen molar-refractivity contribution in [3.05, 3.63) is 36.3 Å². The summed E-state index contributed by atoms with van der Waals surface area (Å²) in [5, 5.41) is 7.79. The smallest absolute Gasteiger partial charge is 0.151 e. The highest BCUT2D eigenvalue weighted by atomic mass is 15.2. The fraction of sp³-hybridized carbons (Fsp3) is 0.467. The summed E-state index contributed by atoms with van der Waals surface area (Å²) >= 11 is 0. The summed E-state index contributed by atoms with van der Waals surface area (Å²) in [5.74, 6) is 1.07. The number of nitrogens with zero attached hydrogens (tertiary/aromatic N) is 4. The summed E-state index contributed by atoms with van der Waals surface area (Å²) in [6.45, 7) is 4.36. The van der Waals surface area contributed by atoms with E-state index in [1.165, 1.54) is 18.4 Å². The molecule has 1 unspecified atom stereocenters. The van der Waals surface area contributed by atoms with E-state index < -0.39 is 0 Å². The normalized spacial score (nSPS) is 16.4. The molecule has 0 spiro atoms. The van der Waals surface area contributed by atoms with Crippen LogP contribution >= 0.6 is 0 Å². The highest BCUT2D eigenvalue weighted by Gasteiger charge is 2.18. The van der Waals surface area contributed by atoms with Crippen molar-refractivity contribution >= 4 is 11.5 Å². The van der Waals surface area contributed by atoms with Gasteiger partial charge < -0.3 is 10.2 Å². The predicted octanol–water partition coefficient (Wildman–Crippen LogP) is 2.59. The van der Waals surface area contributed by atoms with Crippen molar-refractivity contribution in [1.82, 2.24) is 14.8 Å². The number of hydrogen-bond donors (Lipinski definition) is 1. The highest BCUT2D eigenvalue weighted by molar-refractivity contribution is 5.66. The molecular formula is C15H21N5. The van der Waals surface area contributed by atoms with E-state index in [1.54, 1.807) is 0 Å². The van der Waals surface area contributed by atoms with Crippen LogP contribution < -0.4 is 10.2 Å². The maximum atomic E-state index is 4.56.